The number of unbranched alkanes of at least 4 members (excludes halogenated alkanes) is 1. The Bertz CT molecular complexity index is 954. The van der Waals surface area contributed by atoms with Crippen LogP contribution in [-0.2, 0) is 4.79 Å². The molecule has 0 unspecified atom stereocenters. The molecular formula is C23H27N5O3S. The minimum Gasteiger partial charge on any atom is -0.332 e. The van der Waals surface area contributed by atoms with Crippen LogP contribution >= 0.6 is 11.8 Å². The summed E-state index contributed by atoms with van der Waals surface area (Å²) in [6.45, 7) is 0. The van der Waals surface area contributed by atoms with Gasteiger partial charge in [0.25, 0.3) is 0 Å². The minimum absolute atomic E-state index is 0.0275. The van der Waals surface area contributed by atoms with Crippen LogP contribution < -0.4 is 26.6 Å². The van der Waals surface area contributed by atoms with E-state index in [9.17, 15) is 14.4 Å². The number of amides is 5. The van der Waals surface area contributed by atoms with Gasteiger partial charge >= 0.3 is 12.1 Å². The summed E-state index contributed by atoms with van der Waals surface area (Å²) in [6.07, 6.45) is 3.20. The van der Waals surface area contributed by atoms with Crippen molar-refractivity contribution >= 4 is 46.8 Å². The van der Waals surface area contributed by atoms with Crippen molar-refractivity contribution in [3.63, 3.8) is 0 Å². The van der Waals surface area contributed by atoms with Crippen LogP contribution in [0.3, 0.4) is 0 Å². The standard InChI is InChI=1S/C23H27N5O3S/c29-20(9-5-4-8-19-21-18(14-32-19)27-23(31)28-21)24-16-10-12-17(13-11-16)26-22(30)25-15-6-2-1-3-7-15/h1-3,6-7,10-13,18-19,21H,4-5,8-9,14H2,(H,24,29)(H2,25,26,30)(H2,27,28,31)/t18-,19-,21-/m0/s1. The summed E-state index contributed by atoms with van der Waals surface area (Å²) >= 11 is 1.89. The number of carbonyl (C=O) groups excluding carboxylic acids is 3. The topological polar surface area (TPSA) is 111 Å². The molecule has 0 aromatic heterocycles. The molecule has 5 amide bonds. The molecule has 8 nitrogen and oxygen atoms in total. The normalized spacial score (nSPS) is 21.2. The van der Waals surface area contributed by atoms with Crippen LogP contribution in [0.1, 0.15) is 25.7 Å². The molecule has 4 rings (SSSR count). The number of para-hydroxylation sites is 1. The fourth-order valence-electron chi connectivity index (χ4n) is 3.95. The molecule has 0 aliphatic carbocycles. The molecule has 9 heteroatoms. The maximum atomic E-state index is 12.2. The summed E-state index contributed by atoms with van der Waals surface area (Å²) in [6, 6.07) is 16.3. The van der Waals surface area contributed by atoms with Crippen LogP contribution in [0.4, 0.5) is 26.7 Å². The van der Waals surface area contributed by atoms with E-state index >= 15 is 0 Å². The van der Waals surface area contributed by atoms with Crippen LogP contribution in [0, 0.1) is 0 Å². The number of carbonyl (C=O) groups is 3. The number of anilines is 3. The number of fused-ring (bicyclic) bond motifs is 1. The Balaban J connectivity index is 1.14. The van der Waals surface area contributed by atoms with Gasteiger partial charge in [0.1, 0.15) is 0 Å². The highest BCUT2D eigenvalue weighted by Gasteiger charge is 2.42. The Kier molecular flexibility index (Phi) is 7.16. The minimum atomic E-state index is -0.326. The molecule has 2 heterocycles. The Morgan fingerprint density at radius 1 is 0.875 bits per heavy atom. The van der Waals surface area contributed by atoms with Gasteiger partial charge in [-0.15, -0.1) is 0 Å². The largest absolute Gasteiger partial charge is 0.332 e. The summed E-state index contributed by atoms with van der Waals surface area (Å²) in [5, 5.41) is 14.8. The molecular weight excluding hydrogens is 426 g/mol. The third-order valence-corrected chi connectivity index (χ3v) is 7.05. The predicted molar refractivity (Wildman–Crippen MR) is 128 cm³/mol. The molecule has 0 bridgehead atoms. The zero-order valence-electron chi connectivity index (χ0n) is 17.6. The molecule has 2 fully saturated rings. The van der Waals surface area contributed by atoms with Gasteiger partial charge in [-0.2, -0.15) is 11.8 Å². The Hall–Kier alpha value is -3.20. The van der Waals surface area contributed by atoms with Crippen molar-refractivity contribution in [2.45, 2.75) is 43.0 Å². The van der Waals surface area contributed by atoms with Crippen LogP contribution in [0.5, 0.6) is 0 Å². The third-order valence-electron chi connectivity index (χ3n) is 5.54. The van der Waals surface area contributed by atoms with E-state index in [1.165, 1.54) is 0 Å². The second kappa shape index (κ2) is 10.4. The van der Waals surface area contributed by atoms with Gasteiger partial charge in [-0.3, -0.25) is 4.79 Å². The average Bonchev–Trinajstić information content (AvgIpc) is 3.32. The van der Waals surface area contributed by atoms with E-state index in [2.05, 4.69) is 26.6 Å². The zero-order chi connectivity index (χ0) is 22.3. The molecule has 168 valence electrons. The molecule has 0 spiro atoms. The molecule has 0 radical (unpaired) electrons. The van der Waals surface area contributed by atoms with Gasteiger partial charge in [-0.25, -0.2) is 9.59 Å². The molecule has 0 saturated carbocycles. The Labute approximate surface area is 191 Å². The van der Waals surface area contributed by atoms with Crippen LogP contribution in [-0.4, -0.2) is 41.1 Å². The molecule has 2 aromatic rings. The lowest BCUT2D eigenvalue weighted by Gasteiger charge is -2.16. The number of benzene rings is 2. The highest BCUT2D eigenvalue weighted by Crippen LogP contribution is 2.33. The Morgan fingerprint density at radius 3 is 2.25 bits per heavy atom. The van der Waals surface area contributed by atoms with Crippen molar-refractivity contribution in [2.75, 3.05) is 21.7 Å². The molecule has 32 heavy (non-hydrogen) atoms. The predicted octanol–water partition coefficient (Wildman–Crippen LogP) is 3.99. The van der Waals surface area contributed by atoms with Crippen molar-refractivity contribution in [1.29, 1.82) is 0 Å². The lowest BCUT2D eigenvalue weighted by molar-refractivity contribution is -0.116. The van der Waals surface area contributed by atoms with Crippen LogP contribution in [0.25, 0.3) is 0 Å². The maximum absolute atomic E-state index is 12.2. The van der Waals surface area contributed by atoms with E-state index in [0.717, 1.165) is 25.0 Å². The van der Waals surface area contributed by atoms with Gasteiger partial charge in [-0.05, 0) is 49.2 Å². The summed E-state index contributed by atoms with van der Waals surface area (Å²) in [5.41, 5.74) is 2.04. The molecule has 3 atom stereocenters. The summed E-state index contributed by atoms with van der Waals surface area (Å²) < 4.78 is 0. The van der Waals surface area contributed by atoms with Crippen LogP contribution in [0.2, 0.25) is 0 Å². The van der Waals surface area contributed by atoms with E-state index in [0.29, 0.717) is 28.7 Å². The summed E-state index contributed by atoms with van der Waals surface area (Å²) in [4.78, 5) is 35.7. The number of urea groups is 2. The van der Waals surface area contributed by atoms with Gasteiger partial charge in [0.05, 0.1) is 12.1 Å². The Morgan fingerprint density at radius 2 is 1.53 bits per heavy atom. The molecule has 2 aliphatic heterocycles. The summed E-state index contributed by atoms with van der Waals surface area (Å²) in [7, 11) is 0. The number of hydrogen-bond donors (Lipinski definition) is 5. The van der Waals surface area contributed by atoms with Crippen molar-refractivity contribution in [1.82, 2.24) is 10.6 Å². The first-order valence-corrected chi connectivity index (χ1v) is 11.8. The molecule has 2 aromatic carbocycles. The van der Waals surface area contributed by atoms with Gasteiger partial charge in [-0.1, -0.05) is 24.6 Å². The molecule has 2 saturated heterocycles. The van der Waals surface area contributed by atoms with Crippen molar-refractivity contribution < 1.29 is 14.4 Å². The van der Waals surface area contributed by atoms with E-state index in [4.69, 9.17) is 0 Å². The zero-order valence-corrected chi connectivity index (χ0v) is 18.4. The van der Waals surface area contributed by atoms with Crippen molar-refractivity contribution in [3.8, 4) is 0 Å². The fraction of sp³-hybridized carbons (Fsp3) is 0.348. The van der Waals surface area contributed by atoms with Gasteiger partial charge in [0, 0.05) is 34.5 Å². The van der Waals surface area contributed by atoms with Crippen LogP contribution in [0.15, 0.2) is 54.6 Å². The monoisotopic (exact) mass is 453 g/mol. The van der Waals surface area contributed by atoms with Gasteiger partial charge in [0.15, 0.2) is 0 Å². The average molecular weight is 454 g/mol. The quantitative estimate of drug-likeness (QED) is 0.307. The second-order valence-electron chi connectivity index (χ2n) is 7.94. The lowest BCUT2D eigenvalue weighted by Crippen LogP contribution is -2.36. The van der Waals surface area contributed by atoms with Crippen molar-refractivity contribution in [3.05, 3.63) is 54.6 Å². The number of rotatable bonds is 8. The van der Waals surface area contributed by atoms with E-state index in [-0.39, 0.29) is 30.1 Å². The first-order chi connectivity index (χ1) is 15.6. The first kappa shape index (κ1) is 22.0. The second-order valence-corrected chi connectivity index (χ2v) is 9.21. The first-order valence-electron chi connectivity index (χ1n) is 10.8. The molecule has 2 aliphatic rings. The number of hydrogen-bond acceptors (Lipinski definition) is 4. The fourth-order valence-corrected chi connectivity index (χ4v) is 5.49. The van der Waals surface area contributed by atoms with Gasteiger partial charge in [0.2, 0.25) is 5.91 Å². The third kappa shape index (κ3) is 5.94. The van der Waals surface area contributed by atoms with Crippen molar-refractivity contribution in [2.24, 2.45) is 0 Å². The molecule has 5 N–H and O–H groups in total. The lowest BCUT2D eigenvalue weighted by atomic mass is 10.0. The van der Waals surface area contributed by atoms with Gasteiger partial charge < -0.3 is 26.6 Å². The van der Waals surface area contributed by atoms with E-state index in [1.807, 2.05) is 42.1 Å². The number of nitrogens with one attached hydrogen (secondary N) is 5. The highest BCUT2D eigenvalue weighted by molar-refractivity contribution is 8.00. The maximum Gasteiger partial charge on any atom is 0.323 e. The smallest absolute Gasteiger partial charge is 0.323 e. The number of thioether (sulfide) groups is 1. The summed E-state index contributed by atoms with van der Waals surface area (Å²) in [5.74, 6) is 0.924. The van der Waals surface area contributed by atoms with E-state index in [1.54, 1.807) is 24.3 Å². The highest BCUT2D eigenvalue weighted by atomic mass is 32.2. The SMILES string of the molecule is O=C(CCCC[C@@H]1SC[C@@H]2NC(=O)N[C@@H]21)Nc1ccc(NC(=O)Nc2ccccc2)cc1. The van der Waals surface area contributed by atoms with E-state index < -0.39 is 0 Å².